The zero-order valence-corrected chi connectivity index (χ0v) is 11.8. The number of hydrogen-bond acceptors (Lipinski definition) is 3. The Kier molecular flexibility index (Phi) is 4.58. The maximum Gasteiger partial charge on any atom is 0.0660 e. The molecule has 0 unspecified atom stereocenters. The Morgan fingerprint density at radius 1 is 1.59 bits per heavy atom. The Hall–Kier alpha value is -1.02. The Balaban J connectivity index is 2.48. The van der Waals surface area contributed by atoms with E-state index in [-0.39, 0.29) is 5.41 Å². The molecule has 1 aliphatic rings. The van der Waals surface area contributed by atoms with Crippen LogP contribution in [0.25, 0.3) is 0 Å². The van der Waals surface area contributed by atoms with Crippen LogP contribution in [0.2, 0.25) is 0 Å². The topological polar surface area (TPSA) is 18.5 Å². The number of nitrogens with zero attached hydrogens (tertiary/aromatic N) is 2. The SMILES string of the molecule is C=C=C(C)CC(C)(C)C1=CN(NCN(C)C)C1. The molecule has 1 rings (SSSR count). The van der Waals surface area contributed by atoms with E-state index in [2.05, 4.69) is 68.7 Å². The van der Waals surface area contributed by atoms with Crippen molar-refractivity contribution in [2.75, 3.05) is 27.3 Å². The minimum Gasteiger partial charge on any atom is -0.310 e. The maximum atomic E-state index is 3.70. The normalized spacial score (nSPS) is 15.4. The molecule has 0 fully saturated rings. The Morgan fingerprint density at radius 3 is 2.65 bits per heavy atom. The lowest BCUT2D eigenvalue weighted by Crippen LogP contribution is -2.47. The summed E-state index contributed by atoms with van der Waals surface area (Å²) in [7, 11) is 4.11. The second-order valence-electron chi connectivity index (χ2n) is 5.70. The average molecular weight is 235 g/mol. The van der Waals surface area contributed by atoms with E-state index >= 15 is 0 Å². The van der Waals surface area contributed by atoms with Gasteiger partial charge in [0.05, 0.1) is 13.2 Å². The van der Waals surface area contributed by atoms with Crippen LogP contribution in [-0.2, 0) is 0 Å². The summed E-state index contributed by atoms with van der Waals surface area (Å²) in [5, 5.41) is 2.14. The van der Waals surface area contributed by atoms with E-state index in [9.17, 15) is 0 Å². The molecule has 3 heteroatoms. The van der Waals surface area contributed by atoms with Gasteiger partial charge < -0.3 is 5.01 Å². The van der Waals surface area contributed by atoms with Gasteiger partial charge in [0.25, 0.3) is 0 Å². The fourth-order valence-corrected chi connectivity index (χ4v) is 1.91. The van der Waals surface area contributed by atoms with Crippen LogP contribution < -0.4 is 5.43 Å². The summed E-state index contributed by atoms with van der Waals surface area (Å²) in [6, 6.07) is 0. The first kappa shape index (κ1) is 14.0. The summed E-state index contributed by atoms with van der Waals surface area (Å²) < 4.78 is 0. The van der Waals surface area contributed by atoms with Crippen molar-refractivity contribution in [2.45, 2.75) is 27.2 Å². The molecule has 0 saturated heterocycles. The average Bonchev–Trinajstić information content (AvgIpc) is 2.13. The van der Waals surface area contributed by atoms with Crippen LogP contribution in [0.3, 0.4) is 0 Å². The zero-order valence-electron chi connectivity index (χ0n) is 11.8. The highest BCUT2D eigenvalue weighted by molar-refractivity contribution is 5.23. The van der Waals surface area contributed by atoms with Gasteiger partial charge >= 0.3 is 0 Å². The van der Waals surface area contributed by atoms with Crippen molar-refractivity contribution in [3.63, 3.8) is 0 Å². The molecule has 0 aromatic heterocycles. The van der Waals surface area contributed by atoms with Crippen LogP contribution >= 0.6 is 0 Å². The van der Waals surface area contributed by atoms with E-state index in [0.717, 1.165) is 19.6 Å². The Labute approximate surface area is 105 Å². The largest absolute Gasteiger partial charge is 0.310 e. The number of hydrazine groups is 1. The fraction of sp³-hybridized carbons (Fsp3) is 0.643. The van der Waals surface area contributed by atoms with Gasteiger partial charge in [0.2, 0.25) is 0 Å². The molecule has 1 N–H and O–H groups in total. The second kappa shape index (κ2) is 5.54. The summed E-state index contributed by atoms with van der Waals surface area (Å²) in [4.78, 5) is 2.11. The number of nitrogens with one attached hydrogen (secondary N) is 1. The van der Waals surface area contributed by atoms with Crippen molar-refractivity contribution in [1.29, 1.82) is 0 Å². The predicted octanol–water partition coefficient (Wildman–Crippen LogP) is 2.36. The van der Waals surface area contributed by atoms with E-state index < -0.39 is 0 Å². The molecule has 0 radical (unpaired) electrons. The van der Waals surface area contributed by atoms with Gasteiger partial charge in [0.1, 0.15) is 0 Å². The number of hydrogen-bond donors (Lipinski definition) is 1. The van der Waals surface area contributed by atoms with Gasteiger partial charge in [-0.3, -0.25) is 4.90 Å². The van der Waals surface area contributed by atoms with Crippen molar-refractivity contribution in [1.82, 2.24) is 15.3 Å². The molecule has 1 aliphatic heterocycles. The van der Waals surface area contributed by atoms with E-state index in [1.807, 2.05) is 0 Å². The van der Waals surface area contributed by atoms with Crippen molar-refractivity contribution >= 4 is 0 Å². The lowest BCUT2D eigenvalue weighted by Gasteiger charge is -2.40. The van der Waals surface area contributed by atoms with Crippen molar-refractivity contribution < 1.29 is 0 Å². The van der Waals surface area contributed by atoms with Crippen LogP contribution in [0, 0.1) is 5.41 Å². The smallest absolute Gasteiger partial charge is 0.0660 e. The molecule has 3 nitrogen and oxygen atoms in total. The summed E-state index contributed by atoms with van der Waals surface area (Å²) in [6.07, 6.45) is 3.24. The van der Waals surface area contributed by atoms with Crippen LogP contribution in [0.4, 0.5) is 0 Å². The molecular weight excluding hydrogens is 210 g/mol. The first-order valence-corrected chi connectivity index (χ1v) is 6.07. The van der Waals surface area contributed by atoms with Gasteiger partial charge in [-0.15, -0.1) is 5.73 Å². The third-order valence-electron chi connectivity index (χ3n) is 3.12. The highest BCUT2D eigenvalue weighted by Crippen LogP contribution is 2.37. The summed E-state index contributed by atoms with van der Waals surface area (Å²) in [5.41, 5.74) is 9.24. The molecule has 0 bridgehead atoms. The molecule has 17 heavy (non-hydrogen) atoms. The van der Waals surface area contributed by atoms with Gasteiger partial charge in [-0.05, 0) is 44.0 Å². The minimum absolute atomic E-state index is 0.213. The monoisotopic (exact) mass is 235 g/mol. The van der Waals surface area contributed by atoms with Crippen LogP contribution in [0.1, 0.15) is 27.2 Å². The third kappa shape index (κ3) is 4.04. The standard InChI is InChI=1S/C14H25N3/c1-7-12(2)8-14(3,4)13-9-17(10-13)15-11-16(5)6/h9,15H,1,8,10-11H2,2-6H3. The highest BCUT2D eigenvalue weighted by atomic mass is 15.5. The van der Waals surface area contributed by atoms with Gasteiger partial charge in [0, 0.05) is 6.20 Å². The summed E-state index contributed by atoms with van der Waals surface area (Å²) >= 11 is 0. The Bertz CT molecular complexity index is 346. The third-order valence-corrected chi connectivity index (χ3v) is 3.12. The molecule has 0 amide bonds. The molecule has 0 saturated carbocycles. The molecule has 0 atom stereocenters. The van der Waals surface area contributed by atoms with Crippen molar-refractivity contribution in [3.05, 3.63) is 29.7 Å². The summed E-state index contributed by atoms with van der Waals surface area (Å²) in [5.74, 6) is 0. The Morgan fingerprint density at radius 2 is 2.18 bits per heavy atom. The van der Waals surface area contributed by atoms with Gasteiger partial charge in [0.15, 0.2) is 0 Å². The molecular formula is C14H25N3. The maximum absolute atomic E-state index is 3.70. The molecule has 1 heterocycles. The molecule has 0 aromatic rings. The van der Waals surface area contributed by atoms with Crippen LogP contribution in [0.15, 0.2) is 29.7 Å². The predicted molar refractivity (Wildman–Crippen MR) is 73.2 cm³/mol. The number of allylic oxidation sites excluding steroid dienone is 1. The van der Waals surface area contributed by atoms with Gasteiger partial charge in [-0.25, -0.2) is 5.43 Å². The van der Waals surface area contributed by atoms with Crippen LogP contribution in [0.5, 0.6) is 0 Å². The summed E-state index contributed by atoms with van der Waals surface area (Å²) in [6.45, 7) is 12.2. The number of rotatable bonds is 6. The lowest BCUT2D eigenvalue weighted by molar-refractivity contribution is 0.176. The zero-order chi connectivity index (χ0) is 13.1. The van der Waals surface area contributed by atoms with Crippen molar-refractivity contribution in [2.24, 2.45) is 5.41 Å². The van der Waals surface area contributed by atoms with Gasteiger partial charge in [-0.2, -0.15) is 0 Å². The first-order chi connectivity index (χ1) is 7.85. The lowest BCUT2D eigenvalue weighted by atomic mass is 9.77. The van der Waals surface area contributed by atoms with Gasteiger partial charge in [-0.1, -0.05) is 20.4 Å². The molecule has 0 spiro atoms. The highest BCUT2D eigenvalue weighted by Gasteiger charge is 2.30. The van der Waals surface area contributed by atoms with Crippen molar-refractivity contribution in [3.8, 4) is 0 Å². The van der Waals surface area contributed by atoms with E-state index in [4.69, 9.17) is 0 Å². The fourth-order valence-electron chi connectivity index (χ4n) is 1.91. The molecule has 96 valence electrons. The van der Waals surface area contributed by atoms with Crippen LogP contribution in [-0.4, -0.2) is 37.2 Å². The van der Waals surface area contributed by atoms with E-state index in [1.165, 1.54) is 11.1 Å². The molecule has 0 aliphatic carbocycles. The quantitative estimate of drug-likeness (QED) is 0.563. The second-order valence-corrected chi connectivity index (χ2v) is 5.70. The van der Waals surface area contributed by atoms with E-state index in [1.54, 1.807) is 0 Å². The first-order valence-electron chi connectivity index (χ1n) is 6.07. The van der Waals surface area contributed by atoms with E-state index in [0.29, 0.717) is 0 Å². The molecule has 0 aromatic carbocycles. The minimum atomic E-state index is 0.213.